The molecular weight excluding hydrogens is 410 g/mol. The summed E-state index contributed by atoms with van der Waals surface area (Å²) in [5.41, 5.74) is 11.1. The number of nitrogens with one attached hydrogen (secondary N) is 1. The Bertz CT molecular complexity index is 1170. The Balaban J connectivity index is 1.47. The second-order valence-corrected chi connectivity index (χ2v) is 8.35. The van der Waals surface area contributed by atoms with Crippen molar-refractivity contribution in [2.75, 3.05) is 30.3 Å². The van der Waals surface area contributed by atoms with Crippen LogP contribution in [-0.4, -0.2) is 36.7 Å². The first-order chi connectivity index (χ1) is 15.5. The molecule has 1 fully saturated rings. The largest absolute Gasteiger partial charge is 0.383 e. The second-order valence-electron chi connectivity index (χ2n) is 8.35. The third-order valence-electron chi connectivity index (χ3n) is 6.31. The Kier molecular flexibility index (Phi) is 5.25. The van der Waals surface area contributed by atoms with Crippen LogP contribution in [0.3, 0.4) is 0 Å². The molecular formula is C25H24F2N4O. The molecule has 3 aromatic rings. The van der Waals surface area contributed by atoms with Crippen molar-refractivity contribution in [2.45, 2.75) is 25.4 Å². The molecule has 0 atom stereocenters. The number of carbonyl (C=O) groups excluding carboxylic acids is 1. The highest BCUT2D eigenvalue weighted by Gasteiger charge is 2.20. The number of benzene rings is 2. The number of carbonyl (C=O) groups is 1. The third kappa shape index (κ3) is 3.79. The zero-order valence-corrected chi connectivity index (χ0v) is 17.6. The van der Waals surface area contributed by atoms with E-state index in [4.69, 9.17) is 5.73 Å². The lowest BCUT2D eigenvalue weighted by atomic mass is 9.94. The van der Waals surface area contributed by atoms with Gasteiger partial charge in [-0.05, 0) is 60.2 Å². The number of hydrogen-bond donors (Lipinski definition) is 2. The van der Waals surface area contributed by atoms with Crippen molar-refractivity contribution in [3.8, 4) is 22.3 Å². The van der Waals surface area contributed by atoms with Gasteiger partial charge in [0.2, 0.25) is 5.95 Å². The van der Waals surface area contributed by atoms with Crippen LogP contribution in [0.4, 0.5) is 20.3 Å². The highest BCUT2D eigenvalue weighted by molar-refractivity contribution is 5.97. The lowest BCUT2D eigenvalue weighted by molar-refractivity contribution is 0.0946. The molecule has 0 radical (unpaired) electrons. The molecule has 164 valence electrons. The van der Waals surface area contributed by atoms with Crippen molar-refractivity contribution in [1.29, 1.82) is 0 Å². The van der Waals surface area contributed by atoms with Crippen LogP contribution in [0.2, 0.25) is 0 Å². The fourth-order valence-electron chi connectivity index (χ4n) is 4.49. The summed E-state index contributed by atoms with van der Waals surface area (Å²) in [5.74, 6) is -0.605. The van der Waals surface area contributed by atoms with Crippen LogP contribution in [-0.2, 0) is 6.42 Å². The average Bonchev–Trinajstić information content (AvgIpc) is 2.80. The van der Waals surface area contributed by atoms with Crippen LogP contribution in [0.15, 0.2) is 48.5 Å². The van der Waals surface area contributed by atoms with E-state index >= 15 is 0 Å². The summed E-state index contributed by atoms with van der Waals surface area (Å²) in [4.78, 5) is 18.1. The molecule has 2 aliphatic rings. The van der Waals surface area contributed by atoms with Gasteiger partial charge in [-0.3, -0.25) is 4.79 Å². The SMILES string of the molecule is Nc1nc(F)c(-c2ccc(N3CCC(F)CC3)cc2)cc1-c1ccc2c(c1)CCNC2=O. The molecule has 3 N–H and O–H groups in total. The lowest BCUT2D eigenvalue weighted by Gasteiger charge is -2.30. The summed E-state index contributed by atoms with van der Waals surface area (Å²) in [6.45, 7) is 1.95. The summed E-state index contributed by atoms with van der Waals surface area (Å²) >= 11 is 0. The normalized spacial score (nSPS) is 16.6. The first-order valence-electron chi connectivity index (χ1n) is 10.9. The summed E-state index contributed by atoms with van der Waals surface area (Å²) in [5, 5.41) is 2.83. The maximum absolute atomic E-state index is 14.8. The highest BCUT2D eigenvalue weighted by Crippen LogP contribution is 2.34. The van der Waals surface area contributed by atoms with Gasteiger partial charge in [0.25, 0.3) is 5.91 Å². The van der Waals surface area contributed by atoms with Crippen molar-refractivity contribution < 1.29 is 13.6 Å². The predicted octanol–water partition coefficient (Wildman–Crippen LogP) is 4.36. The number of rotatable bonds is 3. The van der Waals surface area contributed by atoms with Gasteiger partial charge in [0.15, 0.2) is 0 Å². The van der Waals surface area contributed by atoms with E-state index in [0.717, 1.165) is 23.2 Å². The minimum atomic E-state index is -0.725. The van der Waals surface area contributed by atoms with Gasteiger partial charge in [-0.1, -0.05) is 24.3 Å². The maximum atomic E-state index is 14.8. The molecule has 0 bridgehead atoms. The Hall–Kier alpha value is -3.48. The van der Waals surface area contributed by atoms with E-state index in [0.29, 0.717) is 54.7 Å². The molecule has 1 amide bonds. The molecule has 7 heteroatoms. The number of amides is 1. The topological polar surface area (TPSA) is 71.2 Å². The van der Waals surface area contributed by atoms with Gasteiger partial charge in [0, 0.05) is 42.0 Å². The summed E-state index contributed by atoms with van der Waals surface area (Å²) < 4.78 is 28.2. The van der Waals surface area contributed by atoms with Gasteiger partial charge in [-0.25, -0.2) is 9.37 Å². The predicted molar refractivity (Wildman–Crippen MR) is 122 cm³/mol. The van der Waals surface area contributed by atoms with Crippen LogP contribution in [0.25, 0.3) is 22.3 Å². The number of pyridine rings is 1. The molecule has 0 aliphatic carbocycles. The minimum Gasteiger partial charge on any atom is -0.383 e. The average molecular weight is 434 g/mol. The molecule has 32 heavy (non-hydrogen) atoms. The van der Waals surface area contributed by atoms with Crippen molar-refractivity contribution >= 4 is 17.4 Å². The van der Waals surface area contributed by atoms with Crippen LogP contribution >= 0.6 is 0 Å². The van der Waals surface area contributed by atoms with Crippen LogP contribution in [0.1, 0.15) is 28.8 Å². The summed E-state index contributed by atoms with van der Waals surface area (Å²) in [7, 11) is 0. The van der Waals surface area contributed by atoms with Crippen molar-refractivity contribution in [3.05, 3.63) is 65.6 Å². The molecule has 1 saturated heterocycles. The van der Waals surface area contributed by atoms with Gasteiger partial charge in [-0.15, -0.1) is 0 Å². The van der Waals surface area contributed by atoms with E-state index < -0.39 is 12.1 Å². The monoisotopic (exact) mass is 434 g/mol. The number of hydrogen-bond acceptors (Lipinski definition) is 4. The third-order valence-corrected chi connectivity index (χ3v) is 6.31. The van der Waals surface area contributed by atoms with E-state index in [-0.39, 0.29) is 11.7 Å². The smallest absolute Gasteiger partial charge is 0.251 e. The fourth-order valence-corrected chi connectivity index (χ4v) is 4.49. The standard InChI is InChI=1S/C25H24F2N4O/c26-18-8-11-31(12-9-18)19-4-1-15(2-5-19)21-14-22(24(28)30-23(21)27)16-3-6-20-17(13-16)7-10-29-25(20)32/h1-6,13-14,18H,7-12H2,(H2,28,30)(H,29,32). The fraction of sp³-hybridized carbons (Fsp3) is 0.280. The molecule has 5 nitrogen and oxygen atoms in total. The summed E-state index contributed by atoms with van der Waals surface area (Å²) in [6, 6.07) is 14.8. The molecule has 3 heterocycles. The first-order valence-corrected chi connectivity index (χ1v) is 10.9. The number of aromatic nitrogens is 1. The first kappa shape index (κ1) is 20.4. The van der Waals surface area contributed by atoms with E-state index in [2.05, 4.69) is 15.2 Å². The minimum absolute atomic E-state index is 0.0838. The van der Waals surface area contributed by atoms with E-state index in [1.165, 1.54) is 0 Å². The number of nitrogens with two attached hydrogens (primary N) is 1. The van der Waals surface area contributed by atoms with E-state index in [1.807, 2.05) is 36.4 Å². The number of alkyl halides is 1. The van der Waals surface area contributed by atoms with Crippen LogP contribution < -0.4 is 16.0 Å². The van der Waals surface area contributed by atoms with Gasteiger partial charge in [0.05, 0.1) is 0 Å². The van der Waals surface area contributed by atoms with E-state index in [1.54, 1.807) is 12.1 Å². The van der Waals surface area contributed by atoms with Crippen molar-refractivity contribution in [3.63, 3.8) is 0 Å². The number of nitrogen functional groups attached to an aromatic ring is 1. The molecule has 0 spiro atoms. The van der Waals surface area contributed by atoms with Gasteiger partial charge in [0.1, 0.15) is 12.0 Å². The molecule has 0 unspecified atom stereocenters. The number of nitrogens with zero attached hydrogens (tertiary/aromatic N) is 2. The Morgan fingerprint density at radius 2 is 1.69 bits per heavy atom. The highest BCUT2D eigenvalue weighted by atomic mass is 19.1. The van der Waals surface area contributed by atoms with Crippen molar-refractivity contribution in [2.24, 2.45) is 0 Å². The molecule has 2 aromatic carbocycles. The van der Waals surface area contributed by atoms with Crippen LogP contribution in [0, 0.1) is 5.95 Å². The number of fused-ring (bicyclic) bond motifs is 1. The Morgan fingerprint density at radius 1 is 0.969 bits per heavy atom. The van der Waals surface area contributed by atoms with Crippen LogP contribution in [0.5, 0.6) is 0 Å². The van der Waals surface area contributed by atoms with Gasteiger partial charge < -0.3 is 16.0 Å². The van der Waals surface area contributed by atoms with Gasteiger partial charge >= 0.3 is 0 Å². The Morgan fingerprint density at radius 3 is 2.44 bits per heavy atom. The number of anilines is 2. The molecule has 2 aliphatic heterocycles. The zero-order chi connectivity index (χ0) is 22.2. The molecule has 0 saturated carbocycles. The second kappa shape index (κ2) is 8.22. The molecule has 1 aromatic heterocycles. The van der Waals surface area contributed by atoms with Crippen molar-refractivity contribution in [1.82, 2.24) is 10.3 Å². The molecule has 5 rings (SSSR count). The zero-order valence-electron chi connectivity index (χ0n) is 17.6. The maximum Gasteiger partial charge on any atom is 0.251 e. The number of piperidine rings is 1. The quantitative estimate of drug-likeness (QED) is 0.601. The number of halogens is 2. The summed E-state index contributed by atoms with van der Waals surface area (Å²) in [6.07, 6.45) is 1.07. The lowest BCUT2D eigenvalue weighted by Crippen LogP contribution is -2.34. The van der Waals surface area contributed by atoms with E-state index in [9.17, 15) is 13.6 Å². The Labute approximate surface area is 185 Å². The van der Waals surface area contributed by atoms with Gasteiger partial charge in [-0.2, -0.15) is 4.39 Å².